The van der Waals surface area contributed by atoms with Crippen molar-refractivity contribution in [2.45, 2.75) is 19.9 Å². The van der Waals surface area contributed by atoms with Crippen molar-refractivity contribution in [2.24, 2.45) is 0 Å². The quantitative estimate of drug-likeness (QED) is 0.746. The third-order valence-corrected chi connectivity index (χ3v) is 2.67. The number of amides is 2. The fourth-order valence-corrected chi connectivity index (χ4v) is 1.70. The number of hydrogen-bond acceptors (Lipinski definition) is 4. The minimum Gasteiger partial charge on any atom is -0.497 e. The molecule has 0 heterocycles. The number of carbonyl (C=O) groups is 2. The maximum Gasteiger partial charge on any atom is 0.244 e. The standard InChI is InChI=1S/C16H22N2O4/c1-11(2)18-16(20)10-17-15(19)6-5-12-7-13(21-3)9-14(8-12)22-4/h5-9,11H,10H2,1-4H3,(H,17,19)(H,18,20)/b6-5+. The van der Waals surface area contributed by atoms with Crippen molar-refractivity contribution in [3.63, 3.8) is 0 Å². The molecule has 0 atom stereocenters. The van der Waals surface area contributed by atoms with Crippen LogP contribution in [-0.4, -0.2) is 38.6 Å². The summed E-state index contributed by atoms with van der Waals surface area (Å²) >= 11 is 0. The van der Waals surface area contributed by atoms with Gasteiger partial charge in [0.2, 0.25) is 11.8 Å². The van der Waals surface area contributed by atoms with Crippen LogP contribution in [0.2, 0.25) is 0 Å². The van der Waals surface area contributed by atoms with Crippen LogP contribution < -0.4 is 20.1 Å². The fraction of sp³-hybridized carbons (Fsp3) is 0.375. The van der Waals surface area contributed by atoms with E-state index in [0.717, 1.165) is 5.56 Å². The van der Waals surface area contributed by atoms with E-state index in [9.17, 15) is 9.59 Å². The molecule has 1 rings (SSSR count). The van der Waals surface area contributed by atoms with Gasteiger partial charge in [-0.15, -0.1) is 0 Å². The molecule has 0 unspecified atom stereocenters. The molecule has 0 spiro atoms. The van der Waals surface area contributed by atoms with Crippen molar-refractivity contribution >= 4 is 17.9 Å². The monoisotopic (exact) mass is 306 g/mol. The lowest BCUT2D eigenvalue weighted by molar-refractivity contribution is -0.124. The Morgan fingerprint density at radius 1 is 1.14 bits per heavy atom. The molecule has 2 amide bonds. The van der Waals surface area contributed by atoms with Crippen LogP contribution in [0.4, 0.5) is 0 Å². The van der Waals surface area contributed by atoms with Crippen LogP contribution in [0.3, 0.4) is 0 Å². The smallest absolute Gasteiger partial charge is 0.244 e. The highest BCUT2D eigenvalue weighted by molar-refractivity contribution is 5.94. The molecule has 6 nitrogen and oxygen atoms in total. The molecule has 0 fully saturated rings. The molecule has 0 bridgehead atoms. The number of hydrogen-bond donors (Lipinski definition) is 2. The first-order valence-electron chi connectivity index (χ1n) is 6.93. The minimum absolute atomic E-state index is 0.0455. The summed E-state index contributed by atoms with van der Waals surface area (Å²) in [6.07, 6.45) is 2.98. The van der Waals surface area contributed by atoms with Crippen LogP contribution in [0, 0.1) is 0 Å². The molecule has 0 aromatic heterocycles. The van der Waals surface area contributed by atoms with Gasteiger partial charge in [0, 0.05) is 18.2 Å². The number of nitrogens with one attached hydrogen (secondary N) is 2. The zero-order valence-corrected chi connectivity index (χ0v) is 13.3. The number of rotatable bonds is 7. The van der Waals surface area contributed by atoms with Gasteiger partial charge in [0.05, 0.1) is 20.8 Å². The second kappa shape index (κ2) is 8.71. The maximum absolute atomic E-state index is 11.7. The van der Waals surface area contributed by atoms with Crippen molar-refractivity contribution in [3.05, 3.63) is 29.8 Å². The van der Waals surface area contributed by atoms with Crippen LogP contribution in [0.15, 0.2) is 24.3 Å². The summed E-state index contributed by atoms with van der Waals surface area (Å²) in [4.78, 5) is 23.1. The molecule has 0 aliphatic rings. The van der Waals surface area contributed by atoms with Gasteiger partial charge in [0.25, 0.3) is 0 Å². The van der Waals surface area contributed by atoms with E-state index in [-0.39, 0.29) is 24.4 Å². The van der Waals surface area contributed by atoms with Gasteiger partial charge >= 0.3 is 0 Å². The molecule has 1 aromatic rings. The van der Waals surface area contributed by atoms with Crippen LogP contribution in [-0.2, 0) is 9.59 Å². The molecular weight excluding hydrogens is 284 g/mol. The average Bonchev–Trinajstić information content (AvgIpc) is 2.49. The lowest BCUT2D eigenvalue weighted by Gasteiger charge is -2.08. The molecule has 22 heavy (non-hydrogen) atoms. The molecular formula is C16H22N2O4. The Kier molecular flexibility index (Phi) is 6.95. The Hall–Kier alpha value is -2.50. The summed E-state index contributed by atoms with van der Waals surface area (Å²) < 4.78 is 10.3. The van der Waals surface area contributed by atoms with E-state index >= 15 is 0 Å². The van der Waals surface area contributed by atoms with Gasteiger partial charge in [-0.1, -0.05) is 0 Å². The van der Waals surface area contributed by atoms with Crippen LogP contribution >= 0.6 is 0 Å². The van der Waals surface area contributed by atoms with Gasteiger partial charge in [-0.2, -0.15) is 0 Å². The second-order valence-corrected chi connectivity index (χ2v) is 4.92. The Morgan fingerprint density at radius 3 is 2.23 bits per heavy atom. The lowest BCUT2D eigenvalue weighted by Crippen LogP contribution is -2.39. The summed E-state index contributed by atoms with van der Waals surface area (Å²) in [5.41, 5.74) is 0.762. The number of carbonyl (C=O) groups excluding carboxylic acids is 2. The first kappa shape index (κ1) is 17.6. The van der Waals surface area contributed by atoms with Gasteiger partial charge < -0.3 is 20.1 Å². The Labute approximate surface area is 130 Å². The largest absolute Gasteiger partial charge is 0.497 e. The highest BCUT2D eigenvalue weighted by Crippen LogP contribution is 2.23. The zero-order chi connectivity index (χ0) is 16.5. The van der Waals surface area contributed by atoms with E-state index in [4.69, 9.17) is 9.47 Å². The van der Waals surface area contributed by atoms with Crippen molar-refractivity contribution in [2.75, 3.05) is 20.8 Å². The normalized spacial score (nSPS) is 10.6. The minimum atomic E-state index is -0.347. The predicted molar refractivity (Wildman–Crippen MR) is 84.9 cm³/mol. The first-order chi connectivity index (χ1) is 10.4. The van der Waals surface area contributed by atoms with Gasteiger partial charge in [0.15, 0.2) is 0 Å². The van der Waals surface area contributed by atoms with Crippen LogP contribution in [0.25, 0.3) is 6.08 Å². The SMILES string of the molecule is COc1cc(/C=C/C(=O)NCC(=O)NC(C)C)cc(OC)c1. The topological polar surface area (TPSA) is 76.7 Å². The van der Waals surface area contributed by atoms with Crippen LogP contribution in [0.5, 0.6) is 11.5 Å². The third-order valence-electron chi connectivity index (χ3n) is 2.67. The van der Waals surface area contributed by atoms with Gasteiger partial charge in [-0.3, -0.25) is 9.59 Å². The van der Waals surface area contributed by atoms with E-state index in [1.54, 1.807) is 38.5 Å². The maximum atomic E-state index is 11.7. The van der Waals surface area contributed by atoms with E-state index in [2.05, 4.69) is 10.6 Å². The lowest BCUT2D eigenvalue weighted by atomic mass is 10.2. The average molecular weight is 306 g/mol. The number of methoxy groups -OCH3 is 2. The van der Waals surface area contributed by atoms with E-state index in [1.165, 1.54) is 6.08 Å². The van der Waals surface area contributed by atoms with Gasteiger partial charge in [0.1, 0.15) is 11.5 Å². The van der Waals surface area contributed by atoms with Gasteiger partial charge in [-0.25, -0.2) is 0 Å². The number of ether oxygens (including phenoxy) is 2. The van der Waals surface area contributed by atoms with Crippen molar-refractivity contribution in [1.29, 1.82) is 0 Å². The molecule has 6 heteroatoms. The molecule has 0 saturated heterocycles. The molecule has 2 N–H and O–H groups in total. The van der Waals surface area contributed by atoms with Crippen molar-refractivity contribution in [3.8, 4) is 11.5 Å². The summed E-state index contributed by atoms with van der Waals surface area (Å²) in [5, 5.41) is 5.21. The van der Waals surface area contributed by atoms with Gasteiger partial charge in [-0.05, 0) is 37.6 Å². The van der Waals surface area contributed by atoms with E-state index < -0.39 is 0 Å². The predicted octanol–water partition coefficient (Wildman–Crippen LogP) is 1.36. The Balaban J connectivity index is 2.60. The summed E-state index contributed by atoms with van der Waals surface area (Å²) in [6.45, 7) is 3.66. The first-order valence-corrected chi connectivity index (χ1v) is 6.93. The highest BCUT2D eigenvalue weighted by atomic mass is 16.5. The fourth-order valence-electron chi connectivity index (χ4n) is 1.70. The summed E-state index contributed by atoms with van der Waals surface area (Å²) in [6, 6.07) is 5.34. The number of benzene rings is 1. The highest BCUT2D eigenvalue weighted by Gasteiger charge is 2.04. The molecule has 0 radical (unpaired) electrons. The molecule has 0 aliphatic carbocycles. The summed E-state index contributed by atoms with van der Waals surface area (Å²) in [7, 11) is 3.12. The molecule has 120 valence electrons. The van der Waals surface area contributed by atoms with Crippen LogP contribution in [0.1, 0.15) is 19.4 Å². The molecule has 0 aliphatic heterocycles. The molecule has 0 saturated carbocycles. The third kappa shape index (κ3) is 6.30. The van der Waals surface area contributed by atoms with Crippen molar-refractivity contribution < 1.29 is 19.1 Å². The van der Waals surface area contributed by atoms with E-state index in [1.807, 2.05) is 13.8 Å². The van der Waals surface area contributed by atoms with E-state index in [0.29, 0.717) is 11.5 Å². The second-order valence-electron chi connectivity index (χ2n) is 4.92. The Bertz CT molecular complexity index is 531. The summed E-state index contributed by atoms with van der Waals surface area (Å²) in [5.74, 6) is 0.701. The molecule has 1 aromatic carbocycles. The Morgan fingerprint density at radius 2 is 1.73 bits per heavy atom. The van der Waals surface area contributed by atoms with Crippen molar-refractivity contribution in [1.82, 2.24) is 10.6 Å². The zero-order valence-electron chi connectivity index (χ0n) is 13.3.